The van der Waals surface area contributed by atoms with Gasteiger partial charge in [-0.3, -0.25) is 9.59 Å². The Balaban J connectivity index is 1.71. The minimum absolute atomic E-state index is 0.0703. The smallest absolute Gasteiger partial charge is 0.410 e. The summed E-state index contributed by atoms with van der Waals surface area (Å²) in [5, 5.41) is 1.70. The van der Waals surface area contributed by atoms with Gasteiger partial charge in [-0.05, 0) is 63.3 Å². The first-order valence-electron chi connectivity index (χ1n) is 11.1. The van der Waals surface area contributed by atoms with Gasteiger partial charge in [-0.1, -0.05) is 6.07 Å². The molecule has 3 rings (SSSR count). The van der Waals surface area contributed by atoms with Crippen LogP contribution in [0.1, 0.15) is 65.8 Å². The minimum Gasteiger partial charge on any atom is -0.484 e. The molecular formula is C24H30FN3O5S. The van der Waals surface area contributed by atoms with E-state index in [0.29, 0.717) is 42.2 Å². The number of rotatable bonds is 5. The highest BCUT2D eigenvalue weighted by molar-refractivity contribution is 7.12. The van der Waals surface area contributed by atoms with Gasteiger partial charge in [0.05, 0.1) is 5.56 Å². The lowest BCUT2D eigenvalue weighted by Gasteiger charge is -2.26. The molecule has 3 amide bonds. The predicted molar refractivity (Wildman–Crippen MR) is 127 cm³/mol. The summed E-state index contributed by atoms with van der Waals surface area (Å²) in [6, 6.07) is 5.88. The van der Waals surface area contributed by atoms with Crippen LogP contribution in [-0.2, 0) is 4.74 Å². The Morgan fingerprint density at radius 2 is 1.76 bits per heavy atom. The first-order chi connectivity index (χ1) is 16.0. The Kier molecular flexibility index (Phi) is 7.81. The molecular weight excluding hydrogens is 461 g/mol. The van der Waals surface area contributed by atoms with Gasteiger partial charge in [0.1, 0.15) is 28.1 Å². The van der Waals surface area contributed by atoms with Gasteiger partial charge in [-0.25, -0.2) is 9.18 Å². The van der Waals surface area contributed by atoms with E-state index in [1.165, 1.54) is 23.5 Å². The zero-order valence-electron chi connectivity index (χ0n) is 19.8. The van der Waals surface area contributed by atoms with Crippen molar-refractivity contribution in [2.45, 2.75) is 45.8 Å². The topological polar surface area (TPSA) is 102 Å². The highest BCUT2D eigenvalue weighted by Gasteiger charge is 2.28. The Morgan fingerprint density at radius 1 is 1.09 bits per heavy atom. The molecule has 0 radical (unpaired) electrons. The Bertz CT molecular complexity index is 1070. The van der Waals surface area contributed by atoms with Gasteiger partial charge >= 0.3 is 6.09 Å². The number of hydrogen-bond acceptors (Lipinski definition) is 6. The van der Waals surface area contributed by atoms with Crippen molar-refractivity contribution in [2.24, 2.45) is 5.73 Å². The van der Waals surface area contributed by atoms with E-state index in [9.17, 15) is 18.8 Å². The second kappa shape index (κ2) is 10.4. The number of nitrogens with zero attached hydrogens (tertiary/aromatic N) is 2. The van der Waals surface area contributed by atoms with Gasteiger partial charge in [-0.15, -0.1) is 11.3 Å². The molecule has 0 unspecified atom stereocenters. The lowest BCUT2D eigenvalue weighted by Crippen LogP contribution is -2.40. The summed E-state index contributed by atoms with van der Waals surface area (Å²) in [5.74, 6) is -1.33. The monoisotopic (exact) mass is 491 g/mol. The van der Waals surface area contributed by atoms with E-state index in [4.69, 9.17) is 15.2 Å². The Labute approximate surface area is 202 Å². The van der Waals surface area contributed by atoms with Crippen LogP contribution in [0.15, 0.2) is 29.6 Å². The third-order valence-corrected chi connectivity index (χ3v) is 6.19. The second-order valence-electron chi connectivity index (χ2n) is 9.09. The van der Waals surface area contributed by atoms with Crippen molar-refractivity contribution in [1.82, 2.24) is 9.80 Å². The van der Waals surface area contributed by atoms with Crippen molar-refractivity contribution in [3.05, 3.63) is 51.5 Å². The summed E-state index contributed by atoms with van der Waals surface area (Å²) >= 11 is 1.17. The van der Waals surface area contributed by atoms with Crippen LogP contribution in [0.5, 0.6) is 5.75 Å². The summed E-state index contributed by atoms with van der Waals surface area (Å²) in [4.78, 5) is 40.5. The van der Waals surface area contributed by atoms with E-state index in [1.54, 1.807) is 55.0 Å². The molecule has 8 nitrogen and oxygen atoms in total. The average Bonchev–Trinajstić information content (AvgIpc) is 3.07. The summed E-state index contributed by atoms with van der Waals surface area (Å²) in [5.41, 5.74) is 5.27. The first kappa shape index (κ1) is 25.5. The second-order valence-corrected chi connectivity index (χ2v) is 10.0. The van der Waals surface area contributed by atoms with E-state index in [0.717, 1.165) is 0 Å². The maximum absolute atomic E-state index is 14.6. The van der Waals surface area contributed by atoms with Gasteiger partial charge in [0.2, 0.25) is 0 Å². The largest absolute Gasteiger partial charge is 0.484 e. The van der Waals surface area contributed by atoms with Gasteiger partial charge in [0, 0.05) is 26.2 Å². The molecule has 1 aromatic heterocycles. The Hall–Kier alpha value is -3.14. The molecule has 0 spiro atoms. The number of nitrogens with two attached hydrogens (primary N) is 1. The van der Waals surface area contributed by atoms with E-state index in [1.807, 2.05) is 0 Å². The van der Waals surface area contributed by atoms with Crippen LogP contribution in [-0.4, -0.2) is 59.5 Å². The minimum atomic E-state index is -0.637. The molecule has 2 heterocycles. The van der Waals surface area contributed by atoms with Gasteiger partial charge < -0.3 is 25.0 Å². The number of halogens is 1. The summed E-state index contributed by atoms with van der Waals surface area (Å²) in [6.45, 7) is 8.55. The fraction of sp³-hybridized carbons (Fsp3) is 0.458. The fourth-order valence-electron chi connectivity index (χ4n) is 3.59. The van der Waals surface area contributed by atoms with E-state index >= 15 is 0 Å². The van der Waals surface area contributed by atoms with E-state index in [2.05, 4.69) is 0 Å². The van der Waals surface area contributed by atoms with Gasteiger partial charge in [0.25, 0.3) is 11.8 Å². The first-order valence-corrected chi connectivity index (χ1v) is 11.9. The van der Waals surface area contributed by atoms with E-state index < -0.39 is 35.4 Å². The molecule has 1 aliphatic rings. The van der Waals surface area contributed by atoms with Crippen molar-refractivity contribution in [3.63, 3.8) is 0 Å². The number of primary amides is 1. The lowest BCUT2D eigenvalue weighted by atomic mass is 10.0. The normalized spacial score (nSPS) is 15.4. The van der Waals surface area contributed by atoms with Gasteiger partial charge in [-0.2, -0.15) is 0 Å². The van der Waals surface area contributed by atoms with Crippen LogP contribution in [0.3, 0.4) is 0 Å². The summed E-state index contributed by atoms with van der Waals surface area (Å²) in [7, 11) is 0. The van der Waals surface area contributed by atoms with Crippen LogP contribution in [0.2, 0.25) is 0 Å². The van der Waals surface area contributed by atoms with Crippen LogP contribution in [0.4, 0.5) is 9.18 Å². The van der Waals surface area contributed by atoms with Gasteiger partial charge in [0.15, 0.2) is 0 Å². The molecule has 2 N–H and O–H groups in total. The van der Waals surface area contributed by atoms with Crippen LogP contribution >= 0.6 is 11.3 Å². The number of thiophene rings is 1. The number of carbonyl (C=O) groups excluding carboxylic acids is 3. The molecule has 1 atom stereocenters. The number of amides is 3. The molecule has 34 heavy (non-hydrogen) atoms. The third-order valence-electron chi connectivity index (χ3n) is 5.28. The number of hydrogen-bond donors (Lipinski definition) is 1. The van der Waals surface area contributed by atoms with Crippen LogP contribution in [0.25, 0.3) is 0 Å². The zero-order chi connectivity index (χ0) is 25.0. The van der Waals surface area contributed by atoms with Crippen molar-refractivity contribution >= 4 is 29.2 Å². The molecule has 1 fully saturated rings. The zero-order valence-corrected chi connectivity index (χ0v) is 20.6. The maximum atomic E-state index is 14.6. The van der Waals surface area contributed by atoms with Crippen molar-refractivity contribution in [1.29, 1.82) is 0 Å². The highest BCUT2D eigenvalue weighted by atomic mass is 32.1. The molecule has 0 aliphatic carbocycles. The third kappa shape index (κ3) is 6.25. The molecule has 0 saturated carbocycles. The number of benzene rings is 1. The van der Waals surface area contributed by atoms with Crippen molar-refractivity contribution in [3.8, 4) is 5.75 Å². The van der Waals surface area contributed by atoms with Crippen molar-refractivity contribution < 1.29 is 28.2 Å². The van der Waals surface area contributed by atoms with Crippen molar-refractivity contribution in [2.75, 3.05) is 26.2 Å². The molecule has 1 aliphatic heterocycles. The van der Waals surface area contributed by atoms with Crippen LogP contribution in [0, 0.1) is 5.82 Å². The Morgan fingerprint density at radius 3 is 2.44 bits per heavy atom. The molecule has 1 aromatic carbocycles. The molecule has 0 bridgehead atoms. The summed E-state index contributed by atoms with van der Waals surface area (Å²) in [6.07, 6.45) is -0.420. The molecule has 184 valence electrons. The predicted octanol–water partition coefficient (Wildman–Crippen LogP) is 4.21. The standard InChI is InChI=1S/C24H30FN3O5S/c1-15(32-19-8-13-34-20(19)21(26)29)16-6-7-18(25)17(14-16)22(30)27-9-5-10-28(12-11-27)23(31)33-24(2,3)4/h6-8,13-15H,5,9-12H2,1-4H3,(H2,26,29)/t15-/m1/s1. The van der Waals surface area contributed by atoms with Crippen LogP contribution < -0.4 is 10.5 Å². The molecule has 2 aromatic rings. The maximum Gasteiger partial charge on any atom is 0.410 e. The summed E-state index contributed by atoms with van der Waals surface area (Å²) < 4.78 is 25.9. The van der Waals surface area contributed by atoms with E-state index in [-0.39, 0.29) is 12.1 Å². The lowest BCUT2D eigenvalue weighted by molar-refractivity contribution is 0.0255. The number of ether oxygens (including phenoxy) is 2. The SMILES string of the molecule is C[C@@H](Oc1ccsc1C(N)=O)c1ccc(F)c(C(=O)N2CCCN(C(=O)OC(C)(C)C)CC2)c1. The average molecular weight is 492 g/mol. The highest BCUT2D eigenvalue weighted by Crippen LogP contribution is 2.30. The molecule has 10 heteroatoms. The number of carbonyl (C=O) groups is 3. The molecule has 1 saturated heterocycles. The quantitative estimate of drug-likeness (QED) is 0.675. The fourth-order valence-corrected chi connectivity index (χ4v) is 4.26.